The van der Waals surface area contributed by atoms with Crippen molar-refractivity contribution in [1.82, 2.24) is 4.90 Å². The van der Waals surface area contributed by atoms with Gasteiger partial charge in [0.25, 0.3) is 5.91 Å². The van der Waals surface area contributed by atoms with Gasteiger partial charge in [0, 0.05) is 17.8 Å². The van der Waals surface area contributed by atoms with Gasteiger partial charge in [-0.2, -0.15) is 0 Å². The van der Waals surface area contributed by atoms with Crippen LogP contribution in [-0.2, 0) is 20.9 Å². The minimum atomic E-state index is -0.968. The summed E-state index contributed by atoms with van der Waals surface area (Å²) in [4.78, 5) is 39.4. The molecular weight excluding hydrogens is 449 g/mol. The highest BCUT2D eigenvalue weighted by atomic mass is 19.1. The zero-order chi connectivity index (χ0) is 24.9. The van der Waals surface area contributed by atoms with E-state index in [1.165, 1.54) is 29.2 Å². The lowest BCUT2D eigenvalue weighted by Crippen LogP contribution is -2.43. The molecule has 1 saturated heterocycles. The number of carbonyl (C=O) groups is 3. The van der Waals surface area contributed by atoms with Crippen LogP contribution < -0.4 is 10.6 Å². The number of hydrogen-bond donors (Lipinski definition) is 2. The van der Waals surface area contributed by atoms with E-state index in [9.17, 15) is 18.8 Å². The summed E-state index contributed by atoms with van der Waals surface area (Å²) < 4.78 is 19.0. The quantitative estimate of drug-likeness (QED) is 0.493. The number of ether oxygens (including phenoxy) is 1. The normalized spacial score (nSPS) is 17.1. The van der Waals surface area contributed by atoms with Crippen molar-refractivity contribution in [2.24, 2.45) is 0 Å². The van der Waals surface area contributed by atoms with Gasteiger partial charge in [0.15, 0.2) is 12.1 Å². The van der Waals surface area contributed by atoms with E-state index in [0.717, 1.165) is 11.1 Å². The number of aryl methyl sites for hydroxylation is 1. The summed E-state index contributed by atoms with van der Waals surface area (Å²) in [6, 6.07) is 18.9. The molecule has 3 aromatic carbocycles. The first kappa shape index (κ1) is 23.9. The van der Waals surface area contributed by atoms with E-state index >= 15 is 0 Å². The maximum Gasteiger partial charge on any atom is 0.411 e. The highest BCUT2D eigenvalue weighted by Gasteiger charge is 2.47. The molecule has 2 N–H and O–H groups in total. The van der Waals surface area contributed by atoms with Crippen LogP contribution in [0.15, 0.2) is 72.8 Å². The first-order valence-corrected chi connectivity index (χ1v) is 11.3. The number of rotatable bonds is 7. The first-order chi connectivity index (χ1) is 16.8. The minimum Gasteiger partial charge on any atom is -0.438 e. The molecule has 1 aliphatic rings. The Hall–Kier alpha value is -4.20. The van der Waals surface area contributed by atoms with Crippen molar-refractivity contribution in [2.45, 2.75) is 39.0 Å². The van der Waals surface area contributed by atoms with Crippen LogP contribution in [0.2, 0.25) is 0 Å². The summed E-state index contributed by atoms with van der Waals surface area (Å²) in [7, 11) is 0. The monoisotopic (exact) mass is 475 g/mol. The molecule has 0 saturated carbocycles. The molecule has 1 aliphatic heterocycles. The second-order valence-corrected chi connectivity index (χ2v) is 8.39. The largest absolute Gasteiger partial charge is 0.438 e. The molecule has 0 aliphatic carbocycles. The van der Waals surface area contributed by atoms with Gasteiger partial charge in [0.05, 0.1) is 6.54 Å². The fourth-order valence-corrected chi connectivity index (χ4v) is 3.97. The van der Waals surface area contributed by atoms with Crippen molar-refractivity contribution in [2.75, 3.05) is 10.6 Å². The molecule has 0 spiro atoms. The number of hydrogen-bond acceptors (Lipinski definition) is 4. The lowest BCUT2D eigenvalue weighted by atomic mass is 10.00. The van der Waals surface area contributed by atoms with Gasteiger partial charge in [-0.3, -0.25) is 14.5 Å². The summed E-state index contributed by atoms with van der Waals surface area (Å²) in [5.41, 5.74) is 3.51. The fraction of sp³-hybridized carbons (Fsp3) is 0.222. The van der Waals surface area contributed by atoms with Crippen LogP contribution in [0.5, 0.6) is 0 Å². The maximum atomic E-state index is 13.4. The van der Waals surface area contributed by atoms with Gasteiger partial charge in [0.2, 0.25) is 5.91 Å². The molecule has 2 atom stereocenters. The zero-order valence-corrected chi connectivity index (χ0v) is 19.5. The Balaban J connectivity index is 1.63. The van der Waals surface area contributed by atoms with Crippen LogP contribution >= 0.6 is 0 Å². The first-order valence-electron chi connectivity index (χ1n) is 11.3. The van der Waals surface area contributed by atoms with Crippen molar-refractivity contribution < 1.29 is 23.5 Å². The van der Waals surface area contributed by atoms with Gasteiger partial charge in [-0.05, 0) is 54.4 Å². The Morgan fingerprint density at radius 3 is 2.29 bits per heavy atom. The van der Waals surface area contributed by atoms with Gasteiger partial charge in [-0.1, -0.05) is 48.9 Å². The Kier molecular flexibility index (Phi) is 7.10. The van der Waals surface area contributed by atoms with Crippen LogP contribution in [0.1, 0.15) is 36.1 Å². The number of anilines is 2. The highest BCUT2D eigenvalue weighted by Crippen LogP contribution is 2.35. The predicted molar refractivity (Wildman–Crippen MR) is 130 cm³/mol. The standard InChI is InChI=1S/C27H26FN3O4/c1-3-23(32)29-21-11-7-19(8-12-21)25-24(26(33)30-22-13-9-20(28)10-14-22)31(27(34)35-25)16-18-6-4-5-17(2)15-18/h4-15,24-25H,3,16H2,1-2H3,(H,29,32)(H,30,33). The second kappa shape index (κ2) is 10.4. The number of nitrogens with one attached hydrogen (secondary N) is 2. The Morgan fingerprint density at radius 1 is 0.971 bits per heavy atom. The number of halogens is 1. The number of cyclic esters (lactones) is 1. The number of amides is 3. The molecule has 4 rings (SSSR count). The summed E-state index contributed by atoms with van der Waals surface area (Å²) in [5, 5.41) is 5.54. The third-order valence-electron chi connectivity index (χ3n) is 5.74. The molecule has 0 bridgehead atoms. The molecule has 7 nitrogen and oxygen atoms in total. The summed E-state index contributed by atoms with van der Waals surface area (Å²) in [5.74, 6) is -0.994. The topological polar surface area (TPSA) is 87.7 Å². The van der Waals surface area contributed by atoms with Crippen molar-refractivity contribution in [3.63, 3.8) is 0 Å². The van der Waals surface area contributed by atoms with Crippen molar-refractivity contribution in [1.29, 1.82) is 0 Å². The Bertz CT molecular complexity index is 1230. The molecule has 1 fully saturated rings. The van der Waals surface area contributed by atoms with E-state index in [-0.39, 0.29) is 12.5 Å². The van der Waals surface area contributed by atoms with Crippen LogP contribution in [0.4, 0.5) is 20.6 Å². The van der Waals surface area contributed by atoms with Gasteiger partial charge in [-0.25, -0.2) is 9.18 Å². The number of benzene rings is 3. The van der Waals surface area contributed by atoms with E-state index in [4.69, 9.17) is 4.74 Å². The summed E-state index contributed by atoms with van der Waals surface area (Å²) in [6.45, 7) is 3.89. The third-order valence-corrected chi connectivity index (χ3v) is 5.74. The maximum absolute atomic E-state index is 13.4. The van der Waals surface area contributed by atoms with Crippen LogP contribution in [0.25, 0.3) is 0 Å². The second-order valence-electron chi connectivity index (χ2n) is 8.39. The van der Waals surface area contributed by atoms with E-state index < -0.39 is 30.0 Å². The van der Waals surface area contributed by atoms with Crippen molar-refractivity contribution in [3.05, 3.63) is 95.3 Å². The molecule has 3 amide bonds. The average Bonchev–Trinajstić information content (AvgIpc) is 3.17. The number of nitrogens with zero attached hydrogens (tertiary/aromatic N) is 1. The molecular formula is C27H26FN3O4. The lowest BCUT2D eigenvalue weighted by molar-refractivity contribution is -0.121. The minimum absolute atomic E-state index is 0.120. The van der Waals surface area contributed by atoms with E-state index in [1.807, 2.05) is 31.2 Å². The Morgan fingerprint density at radius 2 is 1.63 bits per heavy atom. The fourth-order valence-electron chi connectivity index (χ4n) is 3.97. The van der Waals surface area contributed by atoms with Gasteiger partial charge in [0.1, 0.15) is 5.82 Å². The summed E-state index contributed by atoms with van der Waals surface area (Å²) in [6.07, 6.45) is -1.13. The van der Waals surface area contributed by atoms with Crippen molar-refractivity contribution >= 4 is 29.3 Å². The smallest absolute Gasteiger partial charge is 0.411 e. The van der Waals surface area contributed by atoms with E-state index in [2.05, 4.69) is 10.6 Å². The number of carbonyl (C=O) groups excluding carboxylic acids is 3. The molecule has 8 heteroatoms. The molecule has 0 aromatic heterocycles. The molecule has 3 aromatic rings. The Labute approximate surface area is 202 Å². The van der Waals surface area contributed by atoms with E-state index in [0.29, 0.717) is 23.4 Å². The highest BCUT2D eigenvalue weighted by molar-refractivity contribution is 5.98. The SMILES string of the molecule is CCC(=O)Nc1ccc(C2OC(=O)N(Cc3cccc(C)c3)C2C(=O)Nc2ccc(F)cc2)cc1. The van der Waals surface area contributed by atoms with Crippen LogP contribution in [0, 0.1) is 12.7 Å². The lowest BCUT2D eigenvalue weighted by Gasteiger charge is -2.24. The van der Waals surface area contributed by atoms with Gasteiger partial charge in [-0.15, -0.1) is 0 Å². The van der Waals surface area contributed by atoms with Crippen LogP contribution in [-0.4, -0.2) is 28.8 Å². The molecule has 0 radical (unpaired) electrons. The molecule has 35 heavy (non-hydrogen) atoms. The van der Waals surface area contributed by atoms with Crippen LogP contribution in [0.3, 0.4) is 0 Å². The average molecular weight is 476 g/mol. The van der Waals surface area contributed by atoms with Crippen molar-refractivity contribution in [3.8, 4) is 0 Å². The van der Waals surface area contributed by atoms with Gasteiger partial charge < -0.3 is 15.4 Å². The molecule has 180 valence electrons. The predicted octanol–water partition coefficient (Wildman–Crippen LogP) is 5.18. The van der Waals surface area contributed by atoms with E-state index in [1.54, 1.807) is 31.2 Å². The van der Waals surface area contributed by atoms with Gasteiger partial charge >= 0.3 is 6.09 Å². The molecule has 1 heterocycles. The zero-order valence-electron chi connectivity index (χ0n) is 19.5. The summed E-state index contributed by atoms with van der Waals surface area (Å²) >= 11 is 0. The third kappa shape index (κ3) is 5.66. The molecule has 2 unspecified atom stereocenters.